The van der Waals surface area contributed by atoms with E-state index in [4.69, 9.17) is 4.74 Å². The Labute approximate surface area is 222 Å². The van der Waals surface area contributed by atoms with Crippen LogP contribution >= 0.6 is 0 Å². The molecule has 0 bridgehead atoms. The fraction of sp³-hybridized carbons (Fsp3) is 0.688. The molecule has 6 rings (SSSR count). The number of rotatable bonds is 3. The Hall–Kier alpha value is -2.30. The van der Waals surface area contributed by atoms with Gasteiger partial charge in [0, 0.05) is 11.5 Å². The van der Waals surface area contributed by atoms with E-state index in [9.17, 15) is 9.59 Å². The fourth-order valence-corrected chi connectivity index (χ4v) is 9.55. The summed E-state index contributed by atoms with van der Waals surface area (Å²) in [5.74, 6) is 2.73. The Morgan fingerprint density at radius 1 is 0.919 bits per heavy atom. The summed E-state index contributed by atoms with van der Waals surface area (Å²) in [6.07, 6.45) is 17.7. The molecular weight excluding hydrogens is 460 g/mol. The number of nitrogens with one attached hydrogen (secondary N) is 1. The predicted molar refractivity (Wildman–Crippen MR) is 145 cm³/mol. The molecular formula is C32H44N2O3. The van der Waals surface area contributed by atoms with Crippen molar-refractivity contribution in [3.05, 3.63) is 42.0 Å². The van der Waals surface area contributed by atoms with Crippen LogP contribution in [0.25, 0.3) is 0 Å². The number of fused-ring (bicyclic) bond motifs is 5. The van der Waals surface area contributed by atoms with Crippen molar-refractivity contribution >= 4 is 11.9 Å². The van der Waals surface area contributed by atoms with Crippen LogP contribution in [-0.2, 0) is 10.3 Å². The lowest BCUT2D eigenvalue weighted by Gasteiger charge is -2.59. The first-order valence-electron chi connectivity index (χ1n) is 14.8. The number of carbonyl (C=O) groups excluding carboxylic acids is 2. The number of urea groups is 1. The van der Waals surface area contributed by atoms with Crippen LogP contribution in [0.4, 0.5) is 4.79 Å². The summed E-state index contributed by atoms with van der Waals surface area (Å²) >= 11 is 0. The molecule has 0 unspecified atom stereocenters. The standard InChI is InChI=1S/C32H44N2O3/c1-30-17-7-8-25(30)24-13-14-27-31(2,26(24)15-20-30)21-16-28(35)34(27)29(36)33-32(18-5-4-6-19-32)22-9-11-23(37-3)12-10-22/h9-12,16,21,24-27H,4-8,13-15,17-20H2,1-3H3,(H,33,36)/t24-,25-,26-,27+,30-,31+/m0/s1. The van der Waals surface area contributed by atoms with E-state index in [1.165, 1.54) is 38.5 Å². The van der Waals surface area contributed by atoms with Crippen LogP contribution in [0.5, 0.6) is 5.75 Å². The Balaban J connectivity index is 1.28. The van der Waals surface area contributed by atoms with E-state index in [0.29, 0.717) is 17.3 Å². The van der Waals surface area contributed by atoms with E-state index in [-0.39, 0.29) is 23.4 Å². The third-order valence-corrected chi connectivity index (χ3v) is 11.6. The molecule has 4 saturated carbocycles. The number of benzene rings is 1. The Kier molecular flexibility index (Phi) is 6.19. The maximum atomic E-state index is 14.1. The van der Waals surface area contributed by atoms with Crippen LogP contribution < -0.4 is 10.1 Å². The van der Waals surface area contributed by atoms with E-state index >= 15 is 0 Å². The average Bonchev–Trinajstić information content (AvgIpc) is 3.31. The maximum absolute atomic E-state index is 14.1. The van der Waals surface area contributed by atoms with Crippen LogP contribution in [0.3, 0.4) is 0 Å². The summed E-state index contributed by atoms with van der Waals surface area (Å²) < 4.78 is 5.38. The lowest BCUT2D eigenvalue weighted by atomic mass is 9.48. The molecule has 6 atom stereocenters. The Bertz CT molecular complexity index is 1070. The summed E-state index contributed by atoms with van der Waals surface area (Å²) in [4.78, 5) is 29.1. The Morgan fingerprint density at radius 3 is 2.41 bits per heavy atom. The van der Waals surface area contributed by atoms with Gasteiger partial charge in [-0.15, -0.1) is 0 Å². The van der Waals surface area contributed by atoms with Crippen molar-refractivity contribution in [3.8, 4) is 5.75 Å². The smallest absolute Gasteiger partial charge is 0.325 e. The quantitative estimate of drug-likeness (QED) is 0.484. The third kappa shape index (κ3) is 3.94. The van der Waals surface area contributed by atoms with Crippen LogP contribution in [0.15, 0.2) is 36.4 Å². The van der Waals surface area contributed by atoms with Gasteiger partial charge in [0.15, 0.2) is 0 Å². The summed E-state index contributed by atoms with van der Waals surface area (Å²) in [5, 5.41) is 3.44. The van der Waals surface area contributed by atoms with Crippen molar-refractivity contribution in [1.82, 2.24) is 10.2 Å². The van der Waals surface area contributed by atoms with Crippen molar-refractivity contribution < 1.29 is 14.3 Å². The highest BCUT2D eigenvalue weighted by Crippen LogP contribution is 2.64. The number of hydrogen-bond acceptors (Lipinski definition) is 3. The number of hydrogen-bond donors (Lipinski definition) is 1. The third-order valence-electron chi connectivity index (χ3n) is 11.6. The van der Waals surface area contributed by atoms with Crippen molar-refractivity contribution in [2.24, 2.45) is 28.6 Å². The molecule has 1 aromatic rings. The molecule has 3 amide bonds. The van der Waals surface area contributed by atoms with Crippen LogP contribution in [0.2, 0.25) is 0 Å². The fourth-order valence-electron chi connectivity index (χ4n) is 9.55. The molecule has 1 aliphatic heterocycles. The molecule has 0 saturated heterocycles. The molecule has 37 heavy (non-hydrogen) atoms. The second-order valence-corrected chi connectivity index (χ2v) is 13.3. The monoisotopic (exact) mass is 504 g/mol. The van der Waals surface area contributed by atoms with Gasteiger partial charge >= 0.3 is 6.03 Å². The van der Waals surface area contributed by atoms with Gasteiger partial charge in [0.2, 0.25) is 0 Å². The second-order valence-electron chi connectivity index (χ2n) is 13.3. The summed E-state index contributed by atoms with van der Waals surface area (Å²) in [6.45, 7) is 4.87. The average molecular weight is 505 g/mol. The van der Waals surface area contributed by atoms with Crippen molar-refractivity contribution in [1.29, 1.82) is 0 Å². The molecule has 0 spiro atoms. The molecule has 1 heterocycles. The number of imide groups is 1. The lowest BCUT2D eigenvalue weighted by molar-refractivity contribution is -0.135. The minimum Gasteiger partial charge on any atom is -0.497 e. The second kappa shape index (κ2) is 9.17. The van der Waals surface area contributed by atoms with Gasteiger partial charge in [-0.2, -0.15) is 0 Å². The minimum atomic E-state index is -0.437. The van der Waals surface area contributed by atoms with E-state index in [1.54, 1.807) is 18.1 Å². The van der Waals surface area contributed by atoms with E-state index < -0.39 is 5.54 Å². The number of carbonyl (C=O) groups is 2. The topological polar surface area (TPSA) is 58.6 Å². The highest BCUT2D eigenvalue weighted by Gasteiger charge is 2.59. The molecule has 4 fully saturated rings. The summed E-state index contributed by atoms with van der Waals surface area (Å²) in [7, 11) is 1.67. The molecule has 200 valence electrons. The Morgan fingerprint density at radius 2 is 1.68 bits per heavy atom. The minimum absolute atomic E-state index is 0.0616. The first kappa shape index (κ1) is 25.0. The zero-order chi connectivity index (χ0) is 25.8. The van der Waals surface area contributed by atoms with Gasteiger partial charge in [-0.05, 0) is 92.2 Å². The van der Waals surface area contributed by atoms with Gasteiger partial charge in [-0.25, -0.2) is 4.79 Å². The zero-order valence-corrected chi connectivity index (χ0v) is 22.9. The van der Waals surface area contributed by atoms with Gasteiger partial charge in [0.1, 0.15) is 5.75 Å². The SMILES string of the molecule is COc1ccc(C2(NC(=O)N3C(=O)C=C[C@]4(C)[C@H]5CC[C@]6(C)CCC[C@H]6[C@@H]5CC[C@@H]34)CCCCC2)cc1. The number of nitrogens with zero attached hydrogens (tertiary/aromatic N) is 1. The number of methoxy groups -OCH3 is 1. The highest BCUT2D eigenvalue weighted by atomic mass is 16.5. The van der Waals surface area contributed by atoms with Crippen molar-refractivity contribution in [3.63, 3.8) is 0 Å². The number of ether oxygens (including phenoxy) is 1. The largest absolute Gasteiger partial charge is 0.497 e. The first-order valence-corrected chi connectivity index (χ1v) is 14.8. The van der Waals surface area contributed by atoms with E-state index in [0.717, 1.165) is 55.8 Å². The molecule has 5 nitrogen and oxygen atoms in total. The van der Waals surface area contributed by atoms with Gasteiger partial charge < -0.3 is 10.1 Å². The van der Waals surface area contributed by atoms with Crippen molar-refractivity contribution in [2.75, 3.05) is 7.11 Å². The molecule has 5 heteroatoms. The highest BCUT2D eigenvalue weighted by molar-refractivity contribution is 6.02. The summed E-state index contributed by atoms with van der Waals surface area (Å²) in [6, 6.07) is 7.85. The number of amides is 3. The maximum Gasteiger partial charge on any atom is 0.325 e. The molecule has 0 aromatic heterocycles. The zero-order valence-electron chi connectivity index (χ0n) is 22.9. The van der Waals surface area contributed by atoms with E-state index in [1.807, 2.05) is 12.1 Å². The normalized spacial score (nSPS) is 38.4. The van der Waals surface area contributed by atoms with E-state index in [2.05, 4.69) is 37.4 Å². The van der Waals surface area contributed by atoms with Crippen LogP contribution in [-0.4, -0.2) is 30.0 Å². The van der Waals surface area contributed by atoms with Crippen molar-refractivity contribution in [2.45, 2.75) is 102 Å². The summed E-state index contributed by atoms with van der Waals surface area (Å²) in [5.41, 5.74) is 1.03. The lowest BCUT2D eigenvalue weighted by Crippen LogP contribution is -2.64. The molecule has 1 aromatic carbocycles. The van der Waals surface area contributed by atoms with Gasteiger partial charge in [-0.1, -0.05) is 57.7 Å². The predicted octanol–water partition coefficient (Wildman–Crippen LogP) is 6.96. The van der Waals surface area contributed by atoms with Gasteiger partial charge in [0.25, 0.3) is 5.91 Å². The molecule has 1 N–H and O–H groups in total. The molecule has 5 aliphatic rings. The van der Waals surface area contributed by atoms with Gasteiger partial charge in [0.05, 0.1) is 18.7 Å². The van der Waals surface area contributed by atoms with Crippen LogP contribution in [0.1, 0.15) is 96.5 Å². The molecule has 0 radical (unpaired) electrons. The first-order chi connectivity index (χ1) is 17.8. The molecule has 4 aliphatic carbocycles. The van der Waals surface area contributed by atoms with Gasteiger partial charge in [-0.3, -0.25) is 9.69 Å². The van der Waals surface area contributed by atoms with Crippen LogP contribution in [0, 0.1) is 28.6 Å².